The molecule has 0 N–H and O–H groups in total. The van der Waals surface area contributed by atoms with Crippen LogP contribution in [0.1, 0.15) is 54.1 Å². The highest BCUT2D eigenvalue weighted by Crippen LogP contribution is 2.30. The quantitative estimate of drug-likeness (QED) is 0.824. The van der Waals surface area contributed by atoms with Gasteiger partial charge >= 0.3 is 0 Å². The molecule has 2 aliphatic rings. The number of carbonyl (C=O) groups excluding carboxylic acids is 1. The maximum atomic E-state index is 13.0. The number of hydrogen-bond acceptors (Lipinski definition) is 5. The molecule has 0 unspecified atom stereocenters. The van der Waals surface area contributed by atoms with E-state index in [1.807, 2.05) is 22.7 Å². The molecule has 0 aromatic carbocycles. The fourth-order valence-corrected chi connectivity index (χ4v) is 3.50. The van der Waals surface area contributed by atoms with Crippen LogP contribution in [0.25, 0.3) is 0 Å². The number of fused-ring (bicyclic) bond motifs is 3. The Morgan fingerprint density at radius 2 is 2.25 bits per heavy atom. The first kappa shape index (κ1) is 15.3. The van der Waals surface area contributed by atoms with Crippen LogP contribution in [0, 0.1) is 0 Å². The molecule has 128 valence electrons. The van der Waals surface area contributed by atoms with Crippen LogP contribution in [-0.2, 0) is 18.4 Å². The first-order valence-corrected chi connectivity index (χ1v) is 8.38. The summed E-state index contributed by atoms with van der Waals surface area (Å²) in [5.41, 5.74) is 2.54. The lowest BCUT2D eigenvalue weighted by Gasteiger charge is -2.40. The molecule has 1 amide bonds. The van der Waals surface area contributed by atoms with Crippen molar-refractivity contribution in [3.63, 3.8) is 0 Å². The number of likely N-dealkylation sites (tertiary alicyclic amines) is 1. The molecule has 0 spiro atoms. The first-order valence-electron chi connectivity index (χ1n) is 8.38. The van der Waals surface area contributed by atoms with Gasteiger partial charge in [-0.15, -0.1) is 5.10 Å². The first-order chi connectivity index (χ1) is 11.5. The van der Waals surface area contributed by atoms with E-state index in [-0.39, 0.29) is 18.1 Å². The van der Waals surface area contributed by atoms with Gasteiger partial charge in [0.2, 0.25) is 0 Å². The molecule has 8 nitrogen and oxygen atoms in total. The minimum atomic E-state index is 0.0163. The van der Waals surface area contributed by atoms with Crippen LogP contribution in [0.15, 0.2) is 12.3 Å². The van der Waals surface area contributed by atoms with E-state index in [2.05, 4.69) is 29.3 Å². The highest BCUT2D eigenvalue weighted by molar-refractivity contribution is 5.92. The normalized spacial score (nSPS) is 23.2. The van der Waals surface area contributed by atoms with Crippen molar-refractivity contribution in [2.24, 2.45) is 7.05 Å². The minimum absolute atomic E-state index is 0.0163. The number of amides is 1. The van der Waals surface area contributed by atoms with Gasteiger partial charge in [0.25, 0.3) is 5.91 Å². The number of ether oxygens (including phenoxy) is 1. The molecule has 1 fully saturated rings. The molecule has 4 heterocycles. The molecule has 2 aromatic heterocycles. The fraction of sp³-hybridized carbons (Fsp3) is 0.625. The number of hydrogen-bond donors (Lipinski definition) is 0. The van der Waals surface area contributed by atoms with Gasteiger partial charge in [-0.1, -0.05) is 19.1 Å². The Hall–Kier alpha value is -2.22. The zero-order chi connectivity index (χ0) is 16.8. The number of aryl methyl sites for hydroxylation is 1. The van der Waals surface area contributed by atoms with Gasteiger partial charge in [0, 0.05) is 20.1 Å². The van der Waals surface area contributed by atoms with E-state index >= 15 is 0 Å². The highest BCUT2D eigenvalue weighted by atomic mass is 16.5. The molecule has 2 atom stereocenters. The number of piperidine rings is 1. The summed E-state index contributed by atoms with van der Waals surface area (Å²) < 4.78 is 9.50. The molecule has 8 heteroatoms. The monoisotopic (exact) mass is 330 g/mol. The molecule has 1 saturated heterocycles. The molecule has 24 heavy (non-hydrogen) atoms. The van der Waals surface area contributed by atoms with Crippen molar-refractivity contribution < 1.29 is 9.53 Å². The van der Waals surface area contributed by atoms with Gasteiger partial charge < -0.3 is 9.64 Å². The lowest BCUT2D eigenvalue weighted by Crippen LogP contribution is -2.50. The molecule has 0 saturated carbocycles. The summed E-state index contributed by atoms with van der Waals surface area (Å²) in [5, 5.41) is 12.6. The van der Waals surface area contributed by atoms with Gasteiger partial charge in [0.1, 0.15) is 5.69 Å². The van der Waals surface area contributed by atoms with E-state index in [4.69, 9.17) is 4.74 Å². The Bertz CT molecular complexity index is 764. The van der Waals surface area contributed by atoms with Gasteiger partial charge in [0.05, 0.1) is 36.3 Å². The zero-order valence-electron chi connectivity index (χ0n) is 14.2. The van der Waals surface area contributed by atoms with Crippen LogP contribution in [0.2, 0.25) is 0 Å². The molecule has 4 rings (SSSR count). The van der Waals surface area contributed by atoms with E-state index in [0.29, 0.717) is 31.3 Å². The largest absolute Gasteiger partial charge is 0.370 e. The molecule has 0 radical (unpaired) electrons. The Morgan fingerprint density at radius 1 is 1.42 bits per heavy atom. The SMILES string of the molecule is CC(C)c1cc(C(=O)N2CC[C@@H]3OCc4cnnn4[C@@H]3C2)n(C)n1. The second-order valence-electron chi connectivity index (χ2n) is 6.86. The molecular formula is C16H22N6O2. The molecule has 2 aliphatic heterocycles. The van der Waals surface area contributed by atoms with Gasteiger partial charge in [-0.25, -0.2) is 4.68 Å². The van der Waals surface area contributed by atoms with Crippen LogP contribution in [-0.4, -0.2) is 54.8 Å². The topological polar surface area (TPSA) is 78.1 Å². The maximum absolute atomic E-state index is 13.0. The molecular weight excluding hydrogens is 308 g/mol. The minimum Gasteiger partial charge on any atom is -0.370 e. The summed E-state index contributed by atoms with van der Waals surface area (Å²) in [6.45, 7) is 5.97. The summed E-state index contributed by atoms with van der Waals surface area (Å²) in [5.74, 6) is 0.315. The molecule has 0 aliphatic carbocycles. The summed E-state index contributed by atoms with van der Waals surface area (Å²) in [6.07, 6.45) is 2.64. The van der Waals surface area contributed by atoms with E-state index in [1.165, 1.54) is 0 Å². The van der Waals surface area contributed by atoms with Crippen LogP contribution < -0.4 is 0 Å². The summed E-state index contributed by atoms with van der Waals surface area (Å²) in [6, 6.07) is 1.93. The summed E-state index contributed by atoms with van der Waals surface area (Å²) in [4.78, 5) is 14.8. The third kappa shape index (κ3) is 2.41. The Kier molecular flexibility index (Phi) is 3.64. The van der Waals surface area contributed by atoms with E-state index in [9.17, 15) is 4.79 Å². The van der Waals surface area contributed by atoms with Crippen LogP contribution in [0.5, 0.6) is 0 Å². The Labute approximate surface area is 140 Å². The van der Waals surface area contributed by atoms with Gasteiger partial charge in [-0.2, -0.15) is 5.10 Å². The standard InChI is InChI=1S/C16H22N6O2/c1-10(2)12-6-13(20(3)18-12)16(23)21-5-4-15-14(8-21)22-11(9-24-15)7-17-19-22/h6-7,10,14-15H,4-5,8-9H2,1-3H3/t14-,15+/m1/s1. The third-order valence-corrected chi connectivity index (χ3v) is 4.93. The van der Waals surface area contributed by atoms with Gasteiger partial charge in [-0.3, -0.25) is 9.48 Å². The van der Waals surface area contributed by atoms with Crippen molar-refractivity contribution in [2.75, 3.05) is 13.1 Å². The number of rotatable bonds is 2. The number of carbonyl (C=O) groups is 1. The highest BCUT2D eigenvalue weighted by Gasteiger charge is 2.38. The second-order valence-corrected chi connectivity index (χ2v) is 6.86. The third-order valence-electron chi connectivity index (χ3n) is 4.93. The van der Waals surface area contributed by atoms with Crippen molar-refractivity contribution in [2.45, 2.75) is 44.9 Å². The lowest BCUT2D eigenvalue weighted by atomic mass is 10.00. The van der Waals surface area contributed by atoms with Crippen molar-refractivity contribution in [3.05, 3.63) is 29.3 Å². The average molecular weight is 330 g/mol. The predicted molar refractivity (Wildman–Crippen MR) is 85.5 cm³/mol. The summed E-state index contributed by atoms with van der Waals surface area (Å²) >= 11 is 0. The predicted octanol–water partition coefficient (Wildman–Crippen LogP) is 1.12. The Balaban J connectivity index is 1.57. The second kappa shape index (κ2) is 5.70. The van der Waals surface area contributed by atoms with Crippen molar-refractivity contribution in [1.29, 1.82) is 0 Å². The number of nitrogens with zero attached hydrogens (tertiary/aromatic N) is 6. The fourth-order valence-electron chi connectivity index (χ4n) is 3.50. The maximum Gasteiger partial charge on any atom is 0.272 e. The van der Waals surface area contributed by atoms with Gasteiger partial charge in [-0.05, 0) is 18.4 Å². The molecule has 2 aromatic rings. The van der Waals surface area contributed by atoms with Crippen molar-refractivity contribution >= 4 is 5.91 Å². The lowest BCUT2D eigenvalue weighted by molar-refractivity contribution is -0.0606. The van der Waals surface area contributed by atoms with Crippen LogP contribution in [0.4, 0.5) is 0 Å². The summed E-state index contributed by atoms with van der Waals surface area (Å²) in [7, 11) is 1.82. The number of aromatic nitrogens is 5. The molecule has 0 bridgehead atoms. The van der Waals surface area contributed by atoms with E-state index in [0.717, 1.165) is 17.8 Å². The van der Waals surface area contributed by atoms with E-state index in [1.54, 1.807) is 10.9 Å². The van der Waals surface area contributed by atoms with Crippen LogP contribution >= 0.6 is 0 Å². The van der Waals surface area contributed by atoms with Crippen LogP contribution in [0.3, 0.4) is 0 Å². The van der Waals surface area contributed by atoms with Crippen molar-refractivity contribution in [1.82, 2.24) is 29.7 Å². The van der Waals surface area contributed by atoms with E-state index < -0.39 is 0 Å². The Morgan fingerprint density at radius 3 is 3.00 bits per heavy atom. The average Bonchev–Trinajstić information content (AvgIpc) is 3.20. The zero-order valence-corrected chi connectivity index (χ0v) is 14.2. The van der Waals surface area contributed by atoms with Crippen molar-refractivity contribution in [3.8, 4) is 0 Å². The smallest absolute Gasteiger partial charge is 0.272 e. The van der Waals surface area contributed by atoms with Gasteiger partial charge in [0.15, 0.2) is 0 Å².